The van der Waals surface area contributed by atoms with Crippen LogP contribution in [0.1, 0.15) is 51.3 Å². The molecule has 0 fully saturated rings. The van der Waals surface area contributed by atoms with Crippen LogP contribution in [0.5, 0.6) is 0 Å². The Labute approximate surface area is 100 Å². The molecule has 0 radical (unpaired) electrons. The highest BCUT2D eigenvalue weighted by atomic mass is 14.9. The minimum atomic E-state index is 0.416. The Hall–Kier alpha value is -0.820. The van der Waals surface area contributed by atoms with E-state index in [4.69, 9.17) is 0 Å². The highest BCUT2D eigenvalue weighted by Gasteiger charge is 2.11. The van der Waals surface area contributed by atoms with E-state index < -0.39 is 0 Å². The lowest BCUT2D eigenvalue weighted by molar-refractivity contribution is 0.358. The van der Waals surface area contributed by atoms with Crippen LogP contribution in [-0.4, -0.2) is 6.54 Å². The molecule has 0 heterocycles. The summed E-state index contributed by atoms with van der Waals surface area (Å²) in [6.07, 6.45) is 1.21. The predicted molar refractivity (Wildman–Crippen MR) is 71.7 cm³/mol. The van der Waals surface area contributed by atoms with Crippen LogP contribution < -0.4 is 5.32 Å². The molecule has 0 aliphatic carbocycles. The molecule has 1 aromatic carbocycles. The topological polar surface area (TPSA) is 12.0 Å². The van der Waals surface area contributed by atoms with E-state index in [0.29, 0.717) is 11.5 Å². The molecular formula is C15H25N. The molecule has 0 saturated carbocycles. The van der Waals surface area contributed by atoms with Crippen molar-refractivity contribution < 1.29 is 0 Å². The fraction of sp³-hybridized carbons (Fsp3) is 0.600. The first-order valence-corrected chi connectivity index (χ1v) is 6.18. The largest absolute Gasteiger partial charge is 0.310 e. The summed E-state index contributed by atoms with van der Waals surface area (Å²) in [6, 6.07) is 9.18. The van der Waals surface area contributed by atoms with E-state index in [1.807, 2.05) is 0 Å². The maximum Gasteiger partial charge on any atom is 0.0291 e. The van der Waals surface area contributed by atoms with Crippen molar-refractivity contribution in [3.05, 3.63) is 35.4 Å². The summed E-state index contributed by atoms with van der Waals surface area (Å²) < 4.78 is 0. The number of nitrogens with one attached hydrogen (secondary N) is 1. The van der Waals surface area contributed by atoms with Crippen LogP contribution in [-0.2, 0) is 0 Å². The Balaban J connectivity index is 2.44. The van der Waals surface area contributed by atoms with Crippen LogP contribution in [0.4, 0.5) is 0 Å². The van der Waals surface area contributed by atoms with Gasteiger partial charge in [0.2, 0.25) is 0 Å². The third-order valence-electron chi connectivity index (χ3n) is 2.87. The van der Waals surface area contributed by atoms with Gasteiger partial charge in [-0.15, -0.1) is 0 Å². The molecule has 0 aliphatic heterocycles. The zero-order valence-corrected chi connectivity index (χ0v) is 11.3. The summed E-state index contributed by atoms with van der Waals surface area (Å²) in [5.41, 5.74) is 3.13. The molecule has 1 heteroatoms. The SMILES string of the molecule is Cc1cccc(C(C)NCCC(C)(C)C)c1. The van der Waals surface area contributed by atoms with Crippen molar-refractivity contribution in [1.82, 2.24) is 5.32 Å². The van der Waals surface area contributed by atoms with Gasteiger partial charge in [-0.05, 0) is 37.8 Å². The number of rotatable bonds is 4. The molecule has 1 N–H and O–H groups in total. The first kappa shape index (κ1) is 13.2. The third kappa shape index (κ3) is 4.80. The lowest BCUT2D eigenvalue weighted by Crippen LogP contribution is -2.23. The standard InChI is InChI=1S/C15H25N/c1-12-7-6-8-14(11-12)13(2)16-10-9-15(3,4)5/h6-8,11,13,16H,9-10H2,1-5H3. The van der Waals surface area contributed by atoms with E-state index in [2.05, 4.69) is 64.2 Å². The van der Waals surface area contributed by atoms with Gasteiger partial charge in [-0.1, -0.05) is 50.6 Å². The van der Waals surface area contributed by atoms with E-state index >= 15 is 0 Å². The van der Waals surface area contributed by atoms with Gasteiger partial charge in [0.15, 0.2) is 0 Å². The molecular weight excluding hydrogens is 194 g/mol. The first-order chi connectivity index (χ1) is 7.38. The van der Waals surface area contributed by atoms with E-state index in [0.717, 1.165) is 6.54 Å². The summed E-state index contributed by atoms with van der Waals surface area (Å²) in [7, 11) is 0. The van der Waals surface area contributed by atoms with E-state index in [-0.39, 0.29) is 0 Å². The molecule has 0 spiro atoms. The van der Waals surface area contributed by atoms with Crippen LogP contribution in [0.3, 0.4) is 0 Å². The normalized spacial score (nSPS) is 13.8. The minimum Gasteiger partial charge on any atom is -0.310 e. The van der Waals surface area contributed by atoms with Gasteiger partial charge < -0.3 is 5.32 Å². The molecule has 0 bridgehead atoms. The van der Waals surface area contributed by atoms with Crippen molar-refractivity contribution in [2.24, 2.45) is 5.41 Å². The second-order valence-corrected chi connectivity index (χ2v) is 5.90. The van der Waals surface area contributed by atoms with E-state index in [1.54, 1.807) is 0 Å². The van der Waals surface area contributed by atoms with Crippen molar-refractivity contribution in [1.29, 1.82) is 0 Å². The third-order valence-corrected chi connectivity index (χ3v) is 2.87. The fourth-order valence-electron chi connectivity index (χ4n) is 1.72. The minimum absolute atomic E-state index is 0.416. The molecule has 0 aromatic heterocycles. The summed E-state index contributed by atoms with van der Waals surface area (Å²) in [5.74, 6) is 0. The molecule has 16 heavy (non-hydrogen) atoms. The Bertz CT molecular complexity index is 322. The predicted octanol–water partition coefficient (Wildman–Crippen LogP) is 4.08. The van der Waals surface area contributed by atoms with Crippen LogP contribution in [0.2, 0.25) is 0 Å². The number of hydrogen-bond acceptors (Lipinski definition) is 1. The maximum absolute atomic E-state index is 3.58. The van der Waals surface area contributed by atoms with Crippen LogP contribution in [0.25, 0.3) is 0 Å². The maximum atomic E-state index is 3.58. The molecule has 1 atom stereocenters. The quantitative estimate of drug-likeness (QED) is 0.804. The van der Waals surface area contributed by atoms with Gasteiger partial charge in [-0.25, -0.2) is 0 Å². The molecule has 1 unspecified atom stereocenters. The van der Waals surface area contributed by atoms with Gasteiger partial charge in [-0.3, -0.25) is 0 Å². The highest BCUT2D eigenvalue weighted by molar-refractivity contribution is 5.24. The second-order valence-electron chi connectivity index (χ2n) is 5.90. The van der Waals surface area contributed by atoms with E-state index in [1.165, 1.54) is 17.5 Å². The number of benzene rings is 1. The van der Waals surface area contributed by atoms with Crippen molar-refractivity contribution in [3.63, 3.8) is 0 Å². The van der Waals surface area contributed by atoms with Gasteiger partial charge in [0, 0.05) is 6.04 Å². The van der Waals surface area contributed by atoms with Crippen LogP contribution >= 0.6 is 0 Å². The fourth-order valence-corrected chi connectivity index (χ4v) is 1.72. The van der Waals surface area contributed by atoms with Crippen LogP contribution in [0.15, 0.2) is 24.3 Å². The Morgan fingerprint density at radius 3 is 2.50 bits per heavy atom. The average Bonchev–Trinajstić information content (AvgIpc) is 2.15. The zero-order chi connectivity index (χ0) is 12.2. The molecule has 0 saturated heterocycles. The lowest BCUT2D eigenvalue weighted by atomic mass is 9.92. The summed E-state index contributed by atoms with van der Waals surface area (Å²) in [5, 5.41) is 3.58. The van der Waals surface area contributed by atoms with Crippen molar-refractivity contribution >= 4 is 0 Å². The average molecular weight is 219 g/mol. The van der Waals surface area contributed by atoms with Gasteiger partial charge >= 0.3 is 0 Å². The van der Waals surface area contributed by atoms with E-state index in [9.17, 15) is 0 Å². The molecule has 1 rings (SSSR count). The molecule has 1 aromatic rings. The summed E-state index contributed by atoms with van der Waals surface area (Å²) in [6.45, 7) is 12.3. The van der Waals surface area contributed by atoms with Crippen molar-refractivity contribution in [2.75, 3.05) is 6.54 Å². The zero-order valence-electron chi connectivity index (χ0n) is 11.3. The first-order valence-electron chi connectivity index (χ1n) is 6.18. The smallest absolute Gasteiger partial charge is 0.0291 e. The molecule has 0 aliphatic rings. The van der Waals surface area contributed by atoms with Gasteiger partial charge in [0.05, 0.1) is 0 Å². The monoisotopic (exact) mass is 219 g/mol. The summed E-state index contributed by atoms with van der Waals surface area (Å²) in [4.78, 5) is 0. The van der Waals surface area contributed by atoms with Gasteiger partial charge in [0.1, 0.15) is 0 Å². The van der Waals surface area contributed by atoms with Gasteiger partial charge in [-0.2, -0.15) is 0 Å². The Morgan fingerprint density at radius 2 is 1.94 bits per heavy atom. The van der Waals surface area contributed by atoms with Crippen molar-refractivity contribution in [2.45, 2.75) is 47.1 Å². The van der Waals surface area contributed by atoms with Gasteiger partial charge in [0.25, 0.3) is 0 Å². The number of aryl methyl sites for hydroxylation is 1. The molecule has 90 valence electrons. The lowest BCUT2D eigenvalue weighted by Gasteiger charge is -2.21. The Morgan fingerprint density at radius 1 is 1.25 bits per heavy atom. The summed E-state index contributed by atoms with van der Waals surface area (Å²) >= 11 is 0. The second kappa shape index (κ2) is 5.49. The highest BCUT2D eigenvalue weighted by Crippen LogP contribution is 2.19. The van der Waals surface area contributed by atoms with Crippen LogP contribution in [0, 0.1) is 12.3 Å². The molecule has 1 nitrogen and oxygen atoms in total. The molecule has 0 amide bonds. The van der Waals surface area contributed by atoms with Crippen molar-refractivity contribution in [3.8, 4) is 0 Å². The number of hydrogen-bond donors (Lipinski definition) is 1. The Kier molecular flexibility index (Phi) is 4.55.